The molecular formula is C26H24N4O3S. The summed E-state index contributed by atoms with van der Waals surface area (Å²) in [6.07, 6.45) is 2.12. The van der Waals surface area contributed by atoms with Gasteiger partial charge in [-0.15, -0.1) is 21.5 Å². The zero-order valence-corrected chi connectivity index (χ0v) is 20.3. The van der Waals surface area contributed by atoms with Crippen LogP contribution in [0.15, 0.2) is 40.9 Å². The van der Waals surface area contributed by atoms with Gasteiger partial charge in [0.05, 0.1) is 12.1 Å². The number of hydrogen-bond donors (Lipinski definition) is 0. The maximum absolute atomic E-state index is 12.1. The van der Waals surface area contributed by atoms with Crippen molar-refractivity contribution >= 4 is 34.4 Å². The van der Waals surface area contributed by atoms with E-state index in [0.29, 0.717) is 17.8 Å². The average molecular weight is 473 g/mol. The second-order valence-corrected chi connectivity index (χ2v) is 10.1. The zero-order valence-electron chi connectivity index (χ0n) is 19.5. The van der Waals surface area contributed by atoms with Crippen LogP contribution in [0.1, 0.15) is 64.6 Å². The highest BCUT2D eigenvalue weighted by Gasteiger charge is 2.32. The van der Waals surface area contributed by atoms with Gasteiger partial charge >= 0.3 is 0 Å². The van der Waals surface area contributed by atoms with Crippen molar-refractivity contribution in [3.05, 3.63) is 74.7 Å². The van der Waals surface area contributed by atoms with Crippen LogP contribution in [0.5, 0.6) is 0 Å². The third kappa shape index (κ3) is 3.77. The molecule has 2 aromatic heterocycles. The molecule has 0 bridgehead atoms. The number of allylic oxidation sites excluding steroid dienone is 2. The molecule has 0 spiro atoms. The Labute approximate surface area is 201 Å². The molecule has 1 aliphatic heterocycles. The number of fused-ring (bicyclic) bond motifs is 3. The summed E-state index contributed by atoms with van der Waals surface area (Å²) in [6.45, 7) is 7.67. The summed E-state index contributed by atoms with van der Waals surface area (Å²) in [6, 6.07) is 7.50. The quantitative estimate of drug-likeness (QED) is 0.520. The number of aromatic nitrogens is 3. The number of rotatable bonds is 5. The van der Waals surface area contributed by atoms with Crippen molar-refractivity contribution in [1.82, 2.24) is 14.8 Å². The molecule has 1 atom stereocenters. The number of Topliss-reactive ketones (excluding diaryl/α,β-unsaturated/α-hetero) is 2. The summed E-state index contributed by atoms with van der Waals surface area (Å²) >= 11 is 1.68. The predicted molar refractivity (Wildman–Crippen MR) is 130 cm³/mol. The van der Waals surface area contributed by atoms with E-state index in [9.17, 15) is 14.4 Å². The first-order valence-corrected chi connectivity index (χ1v) is 12.0. The normalized spacial score (nSPS) is 17.2. The standard InChI is InChI=1S/C26H24N4O3S/c1-13(31)9-21-25-29-28-16(4)30(25)26-23(14(2)15(3)34-26)24(27-21)18-7-5-17(6-8-18)10-19-11-20(32)12-22(19)33/h5-8,11,21H,9-10,12H2,1-4H3/t21-/m0/s1. The van der Waals surface area contributed by atoms with Crippen molar-refractivity contribution < 1.29 is 14.4 Å². The number of benzene rings is 1. The molecule has 0 unspecified atom stereocenters. The van der Waals surface area contributed by atoms with Gasteiger partial charge in [0, 0.05) is 34.4 Å². The van der Waals surface area contributed by atoms with Crippen LogP contribution in [0.3, 0.4) is 0 Å². The summed E-state index contributed by atoms with van der Waals surface area (Å²) in [5.41, 5.74) is 5.45. The number of thiophene rings is 1. The van der Waals surface area contributed by atoms with Crippen LogP contribution in [-0.4, -0.2) is 37.8 Å². The van der Waals surface area contributed by atoms with E-state index in [1.165, 1.54) is 11.0 Å². The molecule has 5 rings (SSSR count). The van der Waals surface area contributed by atoms with E-state index in [-0.39, 0.29) is 30.2 Å². The Hall–Kier alpha value is -3.52. The molecule has 7 nitrogen and oxygen atoms in total. The molecule has 8 heteroatoms. The first-order chi connectivity index (χ1) is 16.2. The minimum Gasteiger partial charge on any atom is -0.300 e. The van der Waals surface area contributed by atoms with E-state index >= 15 is 0 Å². The first kappa shape index (κ1) is 22.3. The van der Waals surface area contributed by atoms with Crippen LogP contribution in [0.4, 0.5) is 0 Å². The number of carbonyl (C=O) groups is 3. The molecular weight excluding hydrogens is 448 g/mol. The third-order valence-electron chi connectivity index (χ3n) is 6.37. The summed E-state index contributed by atoms with van der Waals surface area (Å²) in [5.74, 6) is 1.26. The highest BCUT2D eigenvalue weighted by atomic mass is 32.1. The molecule has 0 fully saturated rings. The van der Waals surface area contributed by atoms with E-state index < -0.39 is 6.04 Å². The van der Waals surface area contributed by atoms with Crippen LogP contribution < -0.4 is 0 Å². The molecule has 0 saturated heterocycles. The molecule has 172 valence electrons. The summed E-state index contributed by atoms with van der Waals surface area (Å²) in [5, 5.41) is 9.70. The highest BCUT2D eigenvalue weighted by molar-refractivity contribution is 7.15. The van der Waals surface area contributed by atoms with Gasteiger partial charge in [-0.2, -0.15) is 0 Å². The van der Waals surface area contributed by atoms with Crippen molar-refractivity contribution in [2.45, 2.75) is 53.0 Å². The monoisotopic (exact) mass is 472 g/mol. The lowest BCUT2D eigenvalue weighted by Crippen LogP contribution is -2.09. The molecule has 34 heavy (non-hydrogen) atoms. The van der Waals surface area contributed by atoms with E-state index in [1.807, 2.05) is 35.8 Å². The zero-order chi connectivity index (χ0) is 24.1. The number of nitrogens with zero attached hydrogens (tertiary/aromatic N) is 4. The van der Waals surface area contributed by atoms with Crippen LogP contribution in [0.2, 0.25) is 0 Å². The van der Waals surface area contributed by atoms with Gasteiger partial charge in [0.15, 0.2) is 17.4 Å². The molecule has 3 heterocycles. The van der Waals surface area contributed by atoms with E-state index in [0.717, 1.165) is 38.8 Å². The van der Waals surface area contributed by atoms with Crippen LogP contribution in [0, 0.1) is 20.8 Å². The van der Waals surface area contributed by atoms with Gasteiger partial charge in [-0.05, 0) is 44.9 Å². The molecule has 0 amide bonds. The van der Waals surface area contributed by atoms with Crippen molar-refractivity contribution in [1.29, 1.82) is 0 Å². The lowest BCUT2D eigenvalue weighted by atomic mass is 9.97. The van der Waals surface area contributed by atoms with Crippen LogP contribution >= 0.6 is 11.3 Å². The summed E-state index contributed by atoms with van der Waals surface area (Å²) < 4.78 is 2.04. The average Bonchev–Trinajstić information content (AvgIpc) is 3.38. The predicted octanol–water partition coefficient (Wildman–Crippen LogP) is 4.14. The fourth-order valence-corrected chi connectivity index (χ4v) is 5.76. The van der Waals surface area contributed by atoms with Crippen LogP contribution in [0.25, 0.3) is 5.00 Å². The minimum atomic E-state index is -0.431. The van der Waals surface area contributed by atoms with E-state index in [4.69, 9.17) is 4.99 Å². The SMILES string of the molecule is CC(=O)C[C@@H]1N=C(c2ccc(CC3=CC(=O)CC3=O)cc2)c2c(sc(C)c2C)-n2c(C)nnc21. The smallest absolute Gasteiger partial charge is 0.167 e. The number of carbonyl (C=O) groups excluding carboxylic acids is 3. The largest absolute Gasteiger partial charge is 0.300 e. The maximum Gasteiger partial charge on any atom is 0.167 e. The molecule has 3 aromatic rings. The van der Waals surface area contributed by atoms with Crippen LogP contribution in [-0.2, 0) is 20.8 Å². The fourth-order valence-electron chi connectivity index (χ4n) is 4.54. The number of aliphatic imine (C=N–C) groups is 1. The van der Waals surface area contributed by atoms with Gasteiger partial charge in [0.1, 0.15) is 22.7 Å². The van der Waals surface area contributed by atoms with Crippen molar-refractivity contribution in [2.24, 2.45) is 4.99 Å². The molecule has 0 N–H and O–H groups in total. The second-order valence-electron chi connectivity index (χ2n) is 8.91. The number of hydrogen-bond acceptors (Lipinski definition) is 7. The summed E-state index contributed by atoms with van der Waals surface area (Å²) in [7, 11) is 0. The van der Waals surface area contributed by atoms with Crippen molar-refractivity contribution in [3.8, 4) is 5.00 Å². The molecule has 0 saturated carbocycles. The Morgan fingerprint density at radius 2 is 1.85 bits per heavy atom. The molecule has 1 aliphatic carbocycles. The molecule has 2 aliphatic rings. The molecule has 1 aromatic carbocycles. The topological polar surface area (TPSA) is 94.3 Å². The Morgan fingerprint density at radius 1 is 1.12 bits per heavy atom. The molecule has 0 radical (unpaired) electrons. The van der Waals surface area contributed by atoms with Gasteiger partial charge in [-0.3, -0.25) is 23.9 Å². The lowest BCUT2D eigenvalue weighted by molar-refractivity contribution is -0.121. The lowest BCUT2D eigenvalue weighted by Gasteiger charge is -2.12. The Kier molecular flexibility index (Phi) is 5.48. The number of ketones is 3. The van der Waals surface area contributed by atoms with Gasteiger partial charge in [0.2, 0.25) is 0 Å². The van der Waals surface area contributed by atoms with Gasteiger partial charge in [0.25, 0.3) is 0 Å². The second kappa shape index (κ2) is 8.36. The van der Waals surface area contributed by atoms with Gasteiger partial charge in [-0.25, -0.2) is 0 Å². The van der Waals surface area contributed by atoms with Gasteiger partial charge in [-0.1, -0.05) is 24.3 Å². The van der Waals surface area contributed by atoms with E-state index in [1.54, 1.807) is 18.3 Å². The Morgan fingerprint density at radius 3 is 2.50 bits per heavy atom. The summed E-state index contributed by atoms with van der Waals surface area (Å²) in [4.78, 5) is 41.9. The Balaban J connectivity index is 1.60. The highest BCUT2D eigenvalue weighted by Crippen LogP contribution is 2.39. The van der Waals surface area contributed by atoms with Crippen molar-refractivity contribution in [2.75, 3.05) is 0 Å². The Bertz CT molecular complexity index is 1420. The van der Waals surface area contributed by atoms with Crippen molar-refractivity contribution in [3.63, 3.8) is 0 Å². The minimum absolute atomic E-state index is 0.0234. The third-order valence-corrected chi connectivity index (χ3v) is 7.56. The fraction of sp³-hybridized carbons (Fsp3) is 0.308. The first-order valence-electron chi connectivity index (χ1n) is 11.2. The maximum atomic E-state index is 12.1. The number of aryl methyl sites for hydroxylation is 2. The van der Waals surface area contributed by atoms with Gasteiger partial charge < -0.3 is 0 Å². The van der Waals surface area contributed by atoms with E-state index in [2.05, 4.69) is 24.0 Å².